The van der Waals surface area contributed by atoms with Gasteiger partial charge in [0.15, 0.2) is 33.0 Å². The molecule has 0 bridgehead atoms. The lowest BCUT2D eigenvalue weighted by Gasteiger charge is -2.51. The molecule has 0 spiro atoms. The Kier molecular flexibility index (Phi) is 7.64. The molecule has 3 fully saturated rings. The van der Waals surface area contributed by atoms with Crippen molar-refractivity contribution in [2.24, 2.45) is 17.8 Å². The van der Waals surface area contributed by atoms with Gasteiger partial charge >= 0.3 is 0 Å². The average molecular weight is 776 g/mol. The number of benzene rings is 4. The molecule has 0 radical (unpaired) electrons. The molecule has 4 amide bonds. The Labute approximate surface area is 306 Å². The molecule has 2 heterocycles. The van der Waals surface area contributed by atoms with Gasteiger partial charge in [0.2, 0.25) is 17.6 Å². The maximum Gasteiger partial charge on any atom is 0.258 e. The summed E-state index contributed by atoms with van der Waals surface area (Å²) in [6.07, 6.45) is 0.823. The van der Waals surface area contributed by atoms with Crippen LogP contribution in [0.25, 0.3) is 10.8 Å². The summed E-state index contributed by atoms with van der Waals surface area (Å²) in [5.74, 6) is -22.3. The lowest BCUT2D eigenvalue weighted by Crippen LogP contribution is -2.60. The molecule has 1 saturated carbocycles. The molecule has 2 aliphatic heterocycles. The zero-order valence-corrected chi connectivity index (χ0v) is 28.8. The van der Waals surface area contributed by atoms with Crippen molar-refractivity contribution in [1.82, 2.24) is 0 Å². The Bertz CT molecular complexity index is 2360. The Morgan fingerprint density at radius 2 is 1.44 bits per heavy atom. The number of carbonyl (C=O) groups is 4. The number of rotatable bonds is 3. The van der Waals surface area contributed by atoms with Crippen LogP contribution in [0.15, 0.2) is 66.2 Å². The maximum atomic E-state index is 15.3. The highest BCUT2D eigenvalue weighted by Gasteiger charge is 2.77. The van der Waals surface area contributed by atoms with E-state index in [9.17, 15) is 37.5 Å². The fourth-order valence-corrected chi connectivity index (χ4v) is 9.54. The van der Waals surface area contributed by atoms with Crippen LogP contribution in [0.4, 0.5) is 33.3 Å². The summed E-state index contributed by atoms with van der Waals surface area (Å²) < 4.78 is 73.9. The van der Waals surface area contributed by atoms with Crippen molar-refractivity contribution in [2.45, 2.75) is 35.4 Å². The molecule has 6 atom stereocenters. The standard InChI is InChI=1S/C37H22Cl3F5N2O5/c1-14-6-8-16(12-21(14)38)46-32(49)19-10-9-18-20(23(19)33(46)50)13-36(39)34(51)47(31-29(44)27(42)26(41)28(43)30(31)45)35(52)37(36,40)25(18)24-17-5-3-2-4-15(17)7-11-22(24)48/h2-9,11-12,19-20,23,25,48H,10,13H2,1H3. The fourth-order valence-electron chi connectivity index (χ4n) is 8.45. The molecule has 2 saturated heterocycles. The van der Waals surface area contributed by atoms with Crippen molar-refractivity contribution < 1.29 is 46.2 Å². The summed E-state index contributed by atoms with van der Waals surface area (Å²) in [4.78, 5) is 52.5. The smallest absolute Gasteiger partial charge is 0.258 e. The van der Waals surface area contributed by atoms with Crippen LogP contribution in [0.3, 0.4) is 0 Å². The van der Waals surface area contributed by atoms with Crippen molar-refractivity contribution >= 4 is 80.6 Å². The van der Waals surface area contributed by atoms with E-state index >= 15 is 8.78 Å². The molecule has 266 valence electrons. The average Bonchev–Trinajstić information content (AvgIpc) is 3.46. The first-order valence-electron chi connectivity index (χ1n) is 15.9. The van der Waals surface area contributed by atoms with Crippen molar-refractivity contribution in [3.8, 4) is 5.75 Å². The number of nitrogens with zero attached hydrogens (tertiary/aromatic N) is 2. The molecule has 6 unspecified atom stereocenters. The number of allylic oxidation sites excluding steroid dienone is 2. The minimum absolute atomic E-state index is 0.0492. The molecule has 1 N–H and O–H groups in total. The van der Waals surface area contributed by atoms with E-state index in [4.69, 9.17) is 34.8 Å². The van der Waals surface area contributed by atoms with E-state index < -0.39 is 104 Å². The second-order valence-corrected chi connectivity index (χ2v) is 15.0. The van der Waals surface area contributed by atoms with Gasteiger partial charge in [-0.2, -0.15) is 0 Å². The van der Waals surface area contributed by atoms with E-state index in [0.29, 0.717) is 16.3 Å². The summed E-state index contributed by atoms with van der Waals surface area (Å²) in [6.45, 7) is 1.73. The van der Waals surface area contributed by atoms with Gasteiger partial charge in [0, 0.05) is 16.5 Å². The largest absolute Gasteiger partial charge is 0.508 e. The van der Waals surface area contributed by atoms with Gasteiger partial charge < -0.3 is 5.11 Å². The zero-order valence-electron chi connectivity index (χ0n) is 26.5. The highest BCUT2D eigenvalue weighted by molar-refractivity contribution is 6.58. The first kappa shape index (κ1) is 34.6. The second kappa shape index (κ2) is 11.5. The molecule has 2 aliphatic carbocycles. The number of carbonyl (C=O) groups excluding carboxylic acids is 4. The Morgan fingerprint density at radius 3 is 2.12 bits per heavy atom. The third kappa shape index (κ3) is 4.25. The molecule has 7 nitrogen and oxygen atoms in total. The number of hydrogen-bond acceptors (Lipinski definition) is 5. The van der Waals surface area contributed by atoms with Crippen LogP contribution in [0.5, 0.6) is 5.75 Å². The number of amides is 4. The van der Waals surface area contributed by atoms with E-state index in [1.54, 1.807) is 49.4 Å². The van der Waals surface area contributed by atoms with Gasteiger partial charge in [0.1, 0.15) is 11.4 Å². The van der Waals surface area contributed by atoms with Gasteiger partial charge in [0.05, 0.1) is 17.5 Å². The number of alkyl halides is 2. The molecule has 15 heteroatoms. The predicted molar refractivity (Wildman–Crippen MR) is 181 cm³/mol. The van der Waals surface area contributed by atoms with E-state index in [1.807, 2.05) is 0 Å². The fraction of sp³-hybridized carbons (Fsp3) is 0.243. The van der Waals surface area contributed by atoms with E-state index in [0.717, 1.165) is 4.90 Å². The summed E-state index contributed by atoms with van der Waals surface area (Å²) in [5.41, 5.74) is -0.860. The van der Waals surface area contributed by atoms with Crippen LogP contribution in [-0.2, 0) is 19.2 Å². The first-order valence-corrected chi connectivity index (χ1v) is 17.0. The number of phenols is 1. The first-order chi connectivity index (χ1) is 24.6. The van der Waals surface area contributed by atoms with Gasteiger partial charge in [-0.1, -0.05) is 59.6 Å². The minimum Gasteiger partial charge on any atom is -0.508 e. The maximum absolute atomic E-state index is 15.3. The van der Waals surface area contributed by atoms with Crippen LogP contribution in [0.1, 0.15) is 29.9 Å². The molecule has 4 aromatic carbocycles. The predicted octanol–water partition coefficient (Wildman–Crippen LogP) is 7.97. The number of aromatic hydroxyl groups is 1. The van der Waals surface area contributed by atoms with Crippen LogP contribution in [-0.4, -0.2) is 38.5 Å². The number of halogens is 8. The zero-order chi connectivity index (χ0) is 37.3. The SMILES string of the molecule is Cc1ccc(N2C(=O)C3CC=C4C(CC5(Cl)C(=O)N(c6c(F)c(F)c(F)c(F)c6F)C(=O)C5(Cl)C4c4c(O)ccc5ccccc45)C3C2=O)cc1Cl. The second-order valence-electron chi connectivity index (χ2n) is 13.4. The summed E-state index contributed by atoms with van der Waals surface area (Å²) >= 11 is 20.8. The van der Waals surface area contributed by atoms with Crippen molar-refractivity contribution in [3.05, 3.63) is 111 Å². The quantitative estimate of drug-likeness (QED) is 0.0569. The Morgan fingerprint density at radius 1 is 0.788 bits per heavy atom. The monoisotopic (exact) mass is 774 g/mol. The lowest BCUT2D eigenvalue weighted by molar-refractivity contribution is -0.125. The third-order valence-electron chi connectivity index (χ3n) is 10.9. The van der Waals surface area contributed by atoms with E-state index in [-0.39, 0.29) is 33.2 Å². The normalized spacial score (nSPS) is 28.4. The molecule has 4 aromatic rings. The number of phenolic OH excluding ortho intramolecular Hbond substituents is 1. The minimum atomic E-state index is -2.78. The topological polar surface area (TPSA) is 95.0 Å². The third-order valence-corrected chi connectivity index (χ3v) is 12.7. The van der Waals surface area contributed by atoms with Crippen LogP contribution < -0.4 is 9.80 Å². The van der Waals surface area contributed by atoms with Gasteiger partial charge in [-0.25, -0.2) is 31.8 Å². The van der Waals surface area contributed by atoms with E-state index in [2.05, 4.69) is 0 Å². The number of hydrogen-bond donors (Lipinski definition) is 1. The highest BCUT2D eigenvalue weighted by atomic mass is 35.5. The van der Waals surface area contributed by atoms with Gasteiger partial charge in [-0.3, -0.25) is 19.2 Å². The molecule has 52 heavy (non-hydrogen) atoms. The molecular weight excluding hydrogens is 754 g/mol. The van der Waals surface area contributed by atoms with Crippen molar-refractivity contribution in [2.75, 3.05) is 9.80 Å². The summed E-state index contributed by atoms with van der Waals surface area (Å²) in [6, 6.07) is 14.0. The molecular formula is C37H22Cl3F5N2O5. The number of fused-ring (bicyclic) bond motifs is 5. The molecule has 8 rings (SSSR count). The lowest BCUT2D eigenvalue weighted by atomic mass is 9.56. The van der Waals surface area contributed by atoms with Crippen LogP contribution >= 0.6 is 34.8 Å². The van der Waals surface area contributed by atoms with Crippen LogP contribution in [0, 0.1) is 53.8 Å². The number of imide groups is 2. The van der Waals surface area contributed by atoms with Crippen LogP contribution in [0.2, 0.25) is 5.02 Å². The Hall–Kier alpha value is -4.52. The number of anilines is 2. The molecule has 4 aliphatic rings. The van der Waals surface area contributed by atoms with Gasteiger partial charge in [0.25, 0.3) is 11.8 Å². The van der Waals surface area contributed by atoms with Crippen molar-refractivity contribution in [1.29, 1.82) is 0 Å². The molecule has 0 aromatic heterocycles. The summed E-state index contributed by atoms with van der Waals surface area (Å²) in [7, 11) is 0. The van der Waals surface area contributed by atoms with E-state index in [1.165, 1.54) is 18.2 Å². The Balaban J connectivity index is 1.37. The van der Waals surface area contributed by atoms with Gasteiger partial charge in [-0.05, 0) is 60.2 Å². The van der Waals surface area contributed by atoms with Gasteiger partial charge in [-0.15, -0.1) is 23.2 Å². The highest BCUT2D eigenvalue weighted by Crippen LogP contribution is 2.67. The van der Waals surface area contributed by atoms with Crippen molar-refractivity contribution in [3.63, 3.8) is 0 Å². The number of aryl methyl sites for hydroxylation is 1. The summed E-state index contributed by atoms with van der Waals surface area (Å²) in [5, 5.41) is 12.6.